The lowest BCUT2D eigenvalue weighted by molar-refractivity contribution is 0.0952. The molecule has 0 unspecified atom stereocenters. The van der Waals surface area contributed by atoms with Gasteiger partial charge in [0.2, 0.25) is 0 Å². The number of rotatable bonds is 5. The Labute approximate surface area is 133 Å². The van der Waals surface area contributed by atoms with Crippen LogP contribution in [0, 0.1) is 20.8 Å². The molecule has 1 amide bonds. The normalized spacial score (nSPS) is 10.7. The van der Waals surface area contributed by atoms with E-state index in [1.807, 2.05) is 49.8 Å². The first-order valence-electron chi connectivity index (χ1n) is 7.02. The quantitative estimate of drug-likeness (QED) is 0.841. The zero-order valence-electron chi connectivity index (χ0n) is 12.6. The number of amides is 1. The van der Waals surface area contributed by atoms with Gasteiger partial charge >= 0.3 is 0 Å². The number of aryl methyl sites for hydroxylation is 4. The maximum absolute atomic E-state index is 12.1. The van der Waals surface area contributed by atoms with E-state index in [0.717, 1.165) is 34.3 Å². The Morgan fingerprint density at radius 1 is 1.33 bits per heavy atom. The number of carbonyl (C=O) groups excluding carboxylic acids is 1. The average Bonchev–Trinajstić information content (AvgIpc) is 2.73. The Hall–Kier alpha value is -1.62. The zero-order valence-corrected chi connectivity index (χ0v) is 14.2. The first-order valence-corrected chi connectivity index (χ1v) is 7.81. The number of halogens is 1. The standard InChI is InChI=1S/C16H20BrN3O/c1-11-5-6-14(12(2)9-11)16(21)18-7-4-8-20-10-15(17)13(3)19-20/h5-6,9-10H,4,7-8H2,1-3H3,(H,18,21). The van der Waals surface area contributed by atoms with Crippen molar-refractivity contribution >= 4 is 21.8 Å². The van der Waals surface area contributed by atoms with E-state index < -0.39 is 0 Å². The van der Waals surface area contributed by atoms with Crippen molar-refractivity contribution < 1.29 is 4.79 Å². The van der Waals surface area contributed by atoms with Crippen LogP contribution in [0.3, 0.4) is 0 Å². The second-order valence-corrected chi connectivity index (χ2v) is 6.11. The van der Waals surface area contributed by atoms with Gasteiger partial charge in [-0.25, -0.2) is 0 Å². The largest absolute Gasteiger partial charge is 0.352 e. The molecule has 0 aliphatic heterocycles. The lowest BCUT2D eigenvalue weighted by Gasteiger charge is -2.08. The van der Waals surface area contributed by atoms with E-state index in [1.54, 1.807) is 0 Å². The van der Waals surface area contributed by atoms with Crippen molar-refractivity contribution in [2.24, 2.45) is 0 Å². The molecule has 112 valence electrons. The molecule has 0 atom stereocenters. The summed E-state index contributed by atoms with van der Waals surface area (Å²) in [4.78, 5) is 12.1. The smallest absolute Gasteiger partial charge is 0.251 e. The Kier molecular flexibility index (Phi) is 5.17. The molecule has 0 aliphatic carbocycles. The highest BCUT2D eigenvalue weighted by atomic mass is 79.9. The maximum atomic E-state index is 12.1. The van der Waals surface area contributed by atoms with Gasteiger partial charge in [-0.2, -0.15) is 5.10 Å². The second kappa shape index (κ2) is 6.89. The predicted octanol–water partition coefficient (Wildman–Crippen LogP) is 3.39. The molecule has 4 nitrogen and oxygen atoms in total. The Morgan fingerprint density at radius 3 is 2.71 bits per heavy atom. The van der Waals surface area contributed by atoms with Gasteiger partial charge in [-0.3, -0.25) is 9.48 Å². The molecule has 0 radical (unpaired) electrons. The summed E-state index contributed by atoms with van der Waals surface area (Å²) in [5.74, 6) is -0.00896. The molecule has 21 heavy (non-hydrogen) atoms. The van der Waals surface area contributed by atoms with Crippen molar-refractivity contribution in [3.05, 3.63) is 51.3 Å². The minimum absolute atomic E-state index is 0.00896. The zero-order chi connectivity index (χ0) is 15.4. The Bertz CT molecular complexity index is 629. The molecule has 0 saturated carbocycles. The second-order valence-electron chi connectivity index (χ2n) is 5.25. The molecule has 2 aromatic rings. The summed E-state index contributed by atoms with van der Waals surface area (Å²) in [7, 11) is 0. The van der Waals surface area contributed by atoms with Crippen LogP contribution >= 0.6 is 15.9 Å². The summed E-state index contributed by atoms with van der Waals surface area (Å²) in [6.45, 7) is 7.38. The number of aromatic nitrogens is 2. The van der Waals surface area contributed by atoms with Crippen molar-refractivity contribution in [1.82, 2.24) is 15.1 Å². The van der Waals surface area contributed by atoms with Crippen molar-refractivity contribution in [3.8, 4) is 0 Å². The van der Waals surface area contributed by atoms with Gasteiger partial charge in [0.1, 0.15) is 0 Å². The third-order valence-corrected chi connectivity index (χ3v) is 4.14. The fraction of sp³-hybridized carbons (Fsp3) is 0.375. The summed E-state index contributed by atoms with van der Waals surface area (Å²) < 4.78 is 2.91. The molecule has 1 heterocycles. The van der Waals surface area contributed by atoms with Crippen LogP contribution in [-0.2, 0) is 6.54 Å². The average molecular weight is 350 g/mol. The molecule has 0 bridgehead atoms. The summed E-state index contributed by atoms with van der Waals surface area (Å²) in [5.41, 5.74) is 3.91. The molecule has 0 aliphatic rings. The molecule has 0 spiro atoms. The Morgan fingerprint density at radius 2 is 2.10 bits per heavy atom. The van der Waals surface area contributed by atoms with Crippen molar-refractivity contribution in [2.75, 3.05) is 6.54 Å². The highest BCUT2D eigenvalue weighted by Gasteiger charge is 2.08. The van der Waals surface area contributed by atoms with Crippen LogP contribution in [0.5, 0.6) is 0 Å². The van der Waals surface area contributed by atoms with Crippen molar-refractivity contribution in [2.45, 2.75) is 33.7 Å². The van der Waals surface area contributed by atoms with E-state index >= 15 is 0 Å². The van der Waals surface area contributed by atoms with E-state index in [4.69, 9.17) is 0 Å². The lowest BCUT2D eigenvalue weighted by atomic mass is 10.1. The fourth-order valence-electron chi connectivity index (χ4n) is 2.21. The van der Waals surface area contributed by atoms with E-state index in [-0.39, 0.29) is 5.91 Å². The van der Waals surface area contributed by atoms with E-state index in [2.05, 4.69) is 26.3 Å². The van der Waals surface area contributed by atoms with Crippen LogP contribution in [0.2, 0.25) is 0 Å². The van der Waals surface area contributed by atoms with Crippen molar-refractivity contribution in [1.29, 1.82) is 0 Å². The highest BCUT2D eigenvalue weighted by molar-refractivity contribution is 9.10. The van der Waals surface area contributed by atoms with E-state index in [0.29, 0.717) is 6.54 Å². The molecule has 1 aromatic carbocycles. The molecular formula is C16H20BrN3O. The number of nitrogens with zero attached hydrogens (tertiary/aromatic N) is 2. The topological polar surface area (TPSA) is 46.9 Å². The minimum Gasteiger partial charge on any atom is -0.352 e. The van der Waals surface area contributed by atoms with Gasteiger partial charge in [0, 0.05) is 24.8 Å². The molecule has 0 fully saturated rings. The van der Waals surface area contributed by atoms with Gasteiger partial charge < -0.3 is 5.32 Å². The molecule has 1 N–H and O–H groups in total. The monoisotopic (exact) mass is 349 g/mol. The predicted molar refractivity (Wildman–Crippen MR) is 87.5 cm³/mol. The van der Waals surface area contributed by atoms with Crippen LogP contribution in [0.25, 0.3) is 0 Å². The Balaban J connectivity index is 1.81. The molecular weight excluding hydrogens is 330 g/mol. The maximum Gasteiger partial charge on any atom is 0.251 e. The fourth-order valence-corrected chi connectivity index (χ4v) is 2.53. The minimum atomic E-state index is -0.00896. The molecule has 5 heteroatoms. The number of hydrogen-bond acceptors (Lipinski definition) is 2. The highest BCUT2D eigenvalue weighted by Crippen LogP contribution is 2.13. The van der Waals surface area contributed by atoms with Crippen molar-refractivity contribution in [3.63, 3.8) is 0 Å². The van der Waals surface area contributed by atoms with Gasteiger partial charge in [0.15, 0.2) is 0 Å². The number of hydrogen-bond donors (Lipinski definition) is 1. The number of nitrogens with one attached hydrogen (secondary N) is 1. The van der Waals surface area contributed by atoms with Gasteiger partial charge in [-0.15, -0.1) is 0 Å². The number of carbonyl (C=O) groups is 1. The van der Waals surface area contributed by atoms with E-state index in [1.165, 1.54) is 5.56 Å². The summed E-state index contributed by atoms with van der Waals surface area (Å²) >= 11 is 3.44. The molecule has 2 rings (SSSR count). The van der Waals surface area contributed by atoms with Gasteiger partial charge in [-0.1, -0.05) is 17.7 Å². The van der Waals surface area contributed by atoms with Crippen LogP contribution in [0.4, 0.5) is 0 Å². The summed E-state index contributed by atoms with van der Waals surface area (Å²) in [6.07, 6.45) is 2.81. The van der Waals surface area contributed by atoms with Crippen LogP contribution < -0.4 is 5.32 Å². The SMILES string of the molecule is Cc1ccc(C(=O)NCCCn2cc(Br)c(C)n2)c(C)c1. The third kappa shape index (κ3) is 4.17. The third-order valence-electron chi connectivity index (χ3n) is 3.36. The lowest BCUT2D eigenvalue weighted by Crippen LogP contribution is -2.26. The molecule has 0 saturated heterocycles. The summed E-state index contributed by atoms with van der Waals surface area (Å²) in [5, 5.41) is 7.33. The van der Waals surface area contributed by atoms with E-state index in [9.17, 15) is 4.79 Å². The first-order chi connectivity index (χ1) is 9.97. The van der Waals surface area contributed by atoms with Crippen LogP contribution in [-0.4, -0.2) is 22.2 Å². The van der Waals surface area contributed by atoms with Gasteiger partial charge in [0.25, 0.3) is 5.91 Å². The van der Waals surface area contributed by atoms with Gasteiger partial charge in [-0.05, 0) is 54.8 Å². The number of benzene rings is 1. The van der Waals surface area contributed by atoms with Gasteiger partial charge in [0.05, 0.1) is 10.2 Å². The van der Waals surface area contributed by atoms with Crippen LogP contribution in [0.15, 0.2) is 28.9 Å². The summed E-state index contributed by atoms with van der Waals surface area (Å²) in [6, 6.07) is 5.87. The van der Waals surface area contributed by atoms with Crippen LogP contribution in [0.1, 0.15) is 33.6 Å². The molecule has 1 aromatic heterocycles. The first kappa shape index (κ1) is 15.8.